The fraction of sp³-hybridized carbons (Fsp3) is 0.455. The van der Waals surface area contributed by atoms with Crippen molar-refractivity contribution in [2.45, 2.75) is 19.9 Å². The van der Waals surface area contributed by atoms with Crippen LogP contribution in [0.3, 0.4) is 0 Å². The molecule has 1 aromatic rings. The minimum atomic E-state index is -0.123. The summed E-state index contributed by atoms with van der Waals surface area (Å²) in [5.74, 6) is 1.23. The molecule has 3 nitrogen and oxygen atoms in total. The molecule has 2 N–H and O–H groups in total. The van der Waals surface area contributed by atoms with Crippen LogP contribution in [0.4, 0.5) is 0 Å². The number of hydrogen-bond donors (Lipinski definition) is 1. The maximum atomic E-state index is 6.16. The van der Waals surface area contributed by atoms with Crippen molar-refractivity contribution in [3.05, 3.63) is 22.2 Å². The molecule has 1 atom stereocenters. The highest BCUT2D eigenvalue weighted by Gasteiger charge is 2.17. The van der Waals surface area contributed by atoms with E-state index in [1.165, 1.54) is 0 Å². The largest absolute Gasteiger partial charge is 0.495 e. The van der Waals surface area contributed by atoms with E-state index in [1.54, 1.807) is 14.2 Å². The van der Waals surface area contributed by atoms with E-state index in [0.717, 1.165) is 11.1 Å². The summed E-state index contributed by atoms with van der Waals surface area (Å²) in [5, 5.41) is 0.479. The number of benzene rings is 1. The summed E-state index contributed by atoms with van der Waals surface area (Å²) >= 11 is 6.16. The summed E-state index contributed by atoms with van der Waals surface area (Å²) in [6, 6.07) is 1.82. The van der Waals surface area contributed by atoms with Gasteiger partial charge in [-0.1, -0.05) is 11.6 Å². The van der Waals surface area contributed by atoms with Crippen molar-refractivity contribution in [3.8, 4) is 11.5 Å². The van der Waals surface area contributed by atoms with E-state index < -0.39 is 0 Å². The third-order valence-corrected chi connectivity index (χ3v) is 2.63. The zero-order chi connectivity index (χ0) is 11.6. The molecular weight excluding hydrogens is 214 g/mol. The van der Waals surface area contributed by atoms with E-state index in [-0.39, 0.29) is 6.04 Å². The Morgan fingerprint density at radius 3 is 2.20 bits per heavy atom. The lowest BCUT2D eigenvalue weighted by atomic mass is 10.0. The first-order valence-corrected chi connectivity index (χ1v) is 5.07. The van der Waals surface area contributed by atoms with E-state index in [4.69, 9.17) is 26.8 Å². The highest BCUT2D eigenvalue weighted by Crippen LogP contribution is 2.41. The van der Waals surface area contributed by atoms with Crippen molar-refractivity contribution in [2.24, 2.45) is 5.73 Å². The lowest BCUT2D eigenvalue weighted by Crippen LogP contribution is -2.08. The van der Waals surface area contributed by atoms with Crippen LogP contribution in [0.15, 0.2) is 6.07 Å². The molecular formula is C11H16ClNO2. The van der Waals surface area contributed by atoms with E-state index in [0.29, 0.717) is 16.5 Å². The monoisotopic (exact) mass is 229 g/mol. The molecule has 1 unspecified atom stereocenters. The highest BCUT2D eigenvalue weighted by atomic mass is 35.5. The van der Waals surface area contributed by atoms with Crippen LogP contribution in [0.2, 0.25) is 5.02 Å². The Balaban J connectivity index is 3.44. The molecule has 0 fully saturated rings. The van der Waals surface area contributed by atoms with Crippen molar-refractivity contribution in [2.75, 3.05) is 14.2 Å². The number of ether oxygens (including phenoxy) is 2. The Morgan fingerprint density at radius 1 is 1.27 bits per heavy atom. The van der Waals surface area contributed by atoms with Crippen molar-refractivity contribution in [3.63, 3.8) is 0 Å². The zero-order valence-electron chi connectivity index (χ0n) is 9.43. The molecule has 1 rings (SSSR count). The highest BCUT2D eigenvalue weighted by molar-refractivity contribution is 6.33. The lowest BCUT2D eigenvalue weighted by molar-refractivity contribution is 0.388. The third kappa shape index (κ3) is 2.19. The number of aryl methyl sites for hydroxylation is 1. The first kappa shape index (κ1) is 12.1. The van der Waals surface area contributed by atoms with Crippen LogP contribution in [0.5, 0.6) is 11.5 Å². The summed E-state index contributed by atoms with van der Waals surface area (Å²) in [7, 11) is 3.15. The van der Waals surface area contributed by atoms with Gasteiger partial charge in [-0.15, -0.1) is 0 Å². The predicted octanol–water partition coefficient (Wildman–Crippen LogP) is 2.69. The SMILES string of the molecule is COc1c(C)cc(C(C)N)c(OC)c1Cl. The van der Waals surface area contributed by atoms with Gasteiger partial charge in [-0.2, -0.15) is 0 Å². The molecule has 84 valence electrons. The van der Waals surface area contributed by atoms with E-state index in [9.17, 15) is 0 Å². The molecule has 4 heteroatoms. The first-order valence-electron chi connectivity index (χ1n) is 4.69. The summed E-state index contributed by atoms with van der Waals surface area (Å²) in [6.07, 6.45) is 0. The quantitative estimate of drug-likeness (QED) is 0.867. The minimum Gasteiger partial charge on any atom is -0.495 e. The molecule has 1 aromatic carbocycles. The molecule has 15 heavy (non-hydrogen) atoms. The maximum absolute atomic E-state index is 6.16. The second-order valence-electron chi connectivity index (χ2n) is 3.45. The fourth-order valence-electron chi connectivity index (χ4n) is 1.56. The second-order valence-corrected chi connectivity index (χ2v) is 3.83. The van der Waals surface area contributed by atoms with Crippen LogP contribution in [0.1, 0.15) is 24.1 Å². The van der Waals surface area contributed by atoms with Gasteiger partial charge in [0.05, 0.1) is 14.2 Å². The van der Waals surface area contributed by atoms with Gasteiger partial charge in [0, 0.05) is 11.6 Å². The van der Waals surface area contributed by atoms with Crippen LogP contribution < -0.4 is 15.2 Å². The summed E-state index contributed by atoms with van der Waals surface area (Å²) in [6.45, 7) is 3.82. The maximum Gasteiger partial charge on any atom is 0.146 e. The zero-order valence-corrected chi connectivity index (χ0v) is 10.2. The standard InChI is InChI=1S/C11H16ClNO2/c1-6-5-8(7(2)13)11(15-4)9(12)10(6)14-3/h5,7H,13H2,1-4H3. The smallest absolute Gasteiger partial charge is 0.146 e. The van der Waals surface area contributed by atoms with Crippen LogP contribution >= 0.6 is 11.6 Å². The van der Waals surface area contributed by atoms with E-state index in [1.807, 2.05) is 19.9 Å². The molecule has 0 bridgehead atoms. The minimum absolute atomic E-state index is 0.123. The normalized spacial score (nSPS) is 12.4. The molecule has 0 spiro atoms. The van der Waals surface area contributed by atoms with Crippen molar-refractivity contribution in [1.29, 1.82) is 0 Å². The molecule has 0 aliphatic carbocycles. The van der Waals surface area contributed by atoms with Crippen molar-refractivity contribution < 1.29 is 9.47 Å². The lowest BCUT2D eigenvalue weighted by Gasteiger charge is -2.17. The second kappa shape index (κ2) is 4.73. The average molecular weight is 230 g/mol. The van der Waals surface area contributed by atoms with Gasteiger partial charge in [0.15, 0.2) is 0 Å². The summed E-state index contributed by atoms with van der Waals surface area (Å²) in [4.78, 5) is 0. The molecule has 0 heterocycles. The van der Waals surface area contributed by atoms with Gasteiger partial charge in [0.2, 0.25) is 0 Å². The Hall–Kier alpha value is -0.930. The van der Waals surface area contributed by atoms with Gasteiger partial charge in [-0.05, 0) is 25.5 Å². The molecule has 0 saturated carbocycles. The Labute approximate surface area is 95.1 Å². The first-order chi connectivity index (χ1) is 7.02. The molecule has 0 aliphatic heterocycles. The van der Waals surface area contributed by atoms with Gasteiger partial charge >= 0.3 is 0 Å². The van der Waals surface area contributed by atoms with Gasteiger partial charge < -0.3 is 15.2 Å². The van der Waals surface area contributed by atoms with Gasteiger partial charge in [-0.3, -0.25) is 0 Å². The Morgan fingerprint density at radius 2 is 1.80 bits per heavy atom. The summed E-state index contributed by atoms with van der Waals surface area (Å²) < 4.78 is 10.4. The Kier molecular flexibility index (Phi) is 3.83. The van der Waals surface area contributed by atoms with Crippen molar-refractivity contribution in [1.82, 2.24) is 0 Å². The average Bonchev–Trinajstić information content (AvgIpc) is 2.17. The topological polar surface area (TPSA) is 44.5 Å². The molecule has 0 amide bonds. The van der Waals surface area contributed by atoms with Crippen LogP contribution in [-0.2, 0) is 0 Å². The molecule has 0 aliphatic rings. The molecule has 0 radical (unpaired) electrons. The van der Waals surface area contributed by atoms with Crippen LogP contribution in [0, 0.1) is 6.92 Å². The third-order valence-electron chi connectivity index (χ3n) is 2.29. The van der Waals surface area contributed by atoms with E-state index >= 15 is 0 Å². The van der Waals surface area contributed by atoms with Crippen LogP contribution in [0.25, 0.3) is 0 Å². The molecule has 0 aromatic heterocycles. The fourth-order valence-corrected chi connectivity index (χ4v) is 1.98. The van der Waals surface area contributed by atoms with Gasteiger partial charge in [-0.25, -0.2) is 0 Å². The molecule has 0 saturated heterocycles. The van der Waals surface area contributed by atoms with Crippen LogP contribution in [-0.4, -0.2) is 14.2 Å². The number of methoxy groups -OCH3 is 2. The Bertz CT molecular complexity index is 364. The number of rotatable bonds is 3. The number of halogens is 1. The van der Waals surface area contributed by atoms with Gasteiger partial charge in [0.1, 0.15) is 16.5 Å². The van der Waals surface area contributed by atoms with Crippen molar-refractivity contribution >= 4 is 11.6 Å². The number of hydrogen-bond acceptors (Lipinski definition) is 3. The number of nitrogens with two attached hydrogens (primary N) is 1. The van der Waals surface area contributed by atoms with E-state index in [2.05, 4.69) is 0 Å². The van der Waals surface area contributed by atoms with Gasteiger partial charge in [0.25, 0.3) is 0 Å². The summed E-state index contributed by atoms with van der Waals surface area (Å²) in [5.41, 5.74) is 7.68. The predicted molar refractivity (Wildman–Crippen MR) is 61.9 cm³/mol.